The Balaban J connectivity index is 1.88. The lowest BCUT2D eigenvalue weighted by molar-refractivity contribution is -0.122. The zero-order valence-corrected chi connectivity index (χ0v) is 17.2. The number of carbonyl (C=O) groups excluding carboxylic acids is 1. The standard InChI is InChI=1S/C19H16BrNO3S2/c1-2-24-15-10-14(20)8-13(17(15)22)9-16-18(23)21(19(25)26-16)11-12-6-4-3-5-7-12/h3-10,22H,2,11H2,1H3/b16-9-. The second-order valence-corrected chi connectivity index (χ2v) is 8.12. The molecule has 1 saturated heterocycles. The molecular formula is C19H16BrNO3S2. The number of rotatable bonds is 5. The quantitative estimate of drug-likeness (QED) is 0.516. The summed E-state index contributed by atoms with van der Waals surface area (Å²) in [6.45, 7) is 2.70. The number of thiocarbonyl (C=S) groups is 1. The van der Waals surface area contributed by atoms with Gasteiger partial charge in [-0.3, -0.25) is 9.69 Å². The first-order valence-electron chi connectivity index (χ1n) is 7.94. The van der Waals surface area contributed by atoms with Crippen LogP contribution in [0, 0.1) is 0 Å². The summed E-state index contributed by atoms with van der Waals surface area (Å²) in [5, 5.41) is 10.4. The largest absolute Gasteiger partial charge is 0.504 e. The van der Waals surface area contributed by atoms with Crippen molar-refractivity contribution >= 4 is 56.2 Å². The average molecular weight is 450 g/mol. The summed E-state index contributed by atoms with van der Waals surface area (Å²) in [5.41, 5.74) is 1.51. The average Bonchev–Trinajstić information content (AvgIpc) is 2.87. The molecule has 1 aliphatic rings. The van der Waals surface area contributed by atoms with Gasteiger partial charge in [0.05, 0.1) is 18.1 Å². The highest BCUT2D eigenvalue weighted by molar-refractivity contribution is 9.10. The van der Waals surface area contributed by atoms with Crippen LogP contribution in [0.15, 0.2) is 51.8 Å². The van der Waals surface area contributed by atoms with Gasteiger partial charge in [-0.15, -0.1) is 0 Å². The Morgan fingerprint density at radius 2 is 2.04 bits per heavy atom. The van der Waals surface area contributed by atoms with Crippen molar-refractivity contribution in [3.63, 3.8) is 0 Å². The Labute approximate surface area is 170 Å². The summed E-state index contributed by atoms with van der Waals surface area (Å²) in [6, 6.07) is 13.1. The Bertz CT molecular complexity index is 884. The van der Waals surface area contributed by atoms with Gasteiger partial charge in [0, 0.05) is 10.0 Å². The molecule has 0 bridgehead atoms. The van der Waals surface area contributed by atoms with Crippen LogP contribution in [0.4, 0.5) is 0 Å². The third-order valence-corrected chi connectivity index (χ3v) is 5.55. The van der Waals surface area contributed by atoms with Crippen molar-refractivity contribution < 1.29 is 14.6 Å². The van der Waals surface area contributed by atoms with E-state index in [1.807, 2.05) is 37.3 Å². The topological polar surface area (TPSA) is 49.8 Å². The highest BCUT2D eigenvalue weighted by atomic mass is 79.9. The summed E-state index contributed by atoms with van der Waals surface area (Å²) in [6.07, 6.45) is 1.65. The van der Waals surface area contributed by atoms with E-state index in [1.54, 1.807) is 23.1 Å². The minimum atomic E-state index is -0.166. The van der Waals surface area contributed by atoms with E-state index in [0.717, 1.165) is 10.0 Å². The first-order chi connectivity index (χ1) is 12.5. The van der Waals surface area contributed by atoms with Gasteiger partial charge in [-0.25, -0.2) is 0 Å². The van der Waals surface area contributed by atoms with E-state index in [2.05, 4.69) is 15.9 Å². The number of hydrogen-bond acceptors (Lipinski definition) is 5. The molecule has 7 heteroatoms. The fraction of sp³-hybridized carbons (Fsp3) is 0.158. The minimum absolute atomic E-state index is 0.00313. The zero-order chi connectivity index (χ0) is 18.7. The van der Waals surface area contributed by atoms with Gasteiger partial charge in [-0.05, 0) is 30.7 Å². The maximum absolute atomic E-state index is 12.8. The Hall–Kier alpha value is -1.83. The number of phenols is 1. The molecule has 0 aromatic heterocycles. The fourth-order valence-electron chi connectivity index (χ4n) is 2.51. The molecule has 0 aliphatic carbocycles. The van der Waals surface area contributed by atoms with Crippen LogP contribution in [0.25, 0.3) is 6.08 Å². The van der Waals surface area contributed by atoms with Crippen LogP contribution in [0.2, 0.25) is 0 Å². The van der Waals surface area contributed by atoms with Gasteiger partial charge < -0.3 is 9.84 Å². The third kappa shape index (κ3) is 4.11. The van der Waals surface area contributed by atoms with Crippen LogP contribution in [-0.4, -0.2) is 26.8 Å². The Morgan fingerprint density at radius 1 is 1.31 bits per heavy atom. The number of hydrogen-bond donors (Lipinski definition) is 1. The molecule has 4 nitrogen and oxygen atoms in total. The molecule has 2 aromatic rings. The molecule has 1 N–H and O–H groups in total. The minimum Gasteiger partial charge on any atom is -0.504 e. The van der Waals surface area contributed by atoms with Crippen molar-refractivity contribution in [2.75, 3.05) is 6.61 Å². The number of ether oxygens (including phenoxy) is 1. The lowest BCUT2D eigenvalue weighted by atomic mass is 10.1. The lowest BCUT2D eigenvalue weighted by Gasteiger charge is -2.14. The zero-order valence-electron chi connectivity index (χ0n) is 13.9. The number of carbonyl (C=O) groups is 1. The summed E-state index contributed by atoms with van der Waals surface area (Å²) < 4.78 is 6.69. The van der Waals surface area contributed by atoms with Crippen LogP contribution in [0.5, 0.6) is 11.5 Å². The van der Waals surface area contributed by atoms with Crippen LogP contribution in [-0.2, 0) is 11.3 Å². The van der Waals surface area contributed by atoms with E-state index in [9.17, 15) is 9.90 Å². The highest BCUT2D eigenvalue weighted by Crippen LogP contribution is 2.39. The second-order valence-electron chi connectivity index (χ2n) is 5.53. The molecular weight excluding hydrogens is 434 g/mol. The van der Waals surface area contributed by atoms with E-state index in [1.165, 1.54) is 11.8 Å². The van der Waals surface area contributed by atoms with Gasteiger partial charge in [0.25, 0.3) is 5.91 Å². The number of phenolic OH excluding ortho intramolecular Hbond substituents is 1. The molecule has 3 rings (SSSR count). The van der Waals surface area contributed by atoms with Crippen molar-refractivity contribution in [2.24, 2.45) is 0 Å². The number of benzene rings is 2. The molecule has 0 atom stereocenters. The molecule has 1 aliphatic heterocycles. The normalized spacial score (nSPS) is 15.8. The van der Waals surface area contributed by atoms with E-state index in [4.69, 9.17) is 17.0 Å². The smallest absolute Gasteiger partial charge is 0.266 e. The lowest BCUT2D eigenvalue weighted by Crippen LogP contribution is -2.27. The number of nitrogens with zero attached hydrogens (tertiary/aromatic N) is 1. The second kappa shape index (κ2) is 8.24. The van der Waals surface area contributed by atoms with Crippen LogP contribution < -0.4 is 4.74 Å². The molecule has 1 fully saturated rings. The molecule has 0 spiro atoms. The van der Waals surface area contributed by atoms with Gasteiger partial charge in [0.1, 0.15) is 4.32 Å². The SMILES string of the molecule is CCOc1cc(Br)cc(/C=C2\SC(=S)N(Cc3ccccc3)C2=O)c1O. The molecule has 0 unspecified atom stereocenters. The first kappa shape index (κ1) is 18.9. The number of aromatic hydroxyl groups is 1. The highest BCUT2D eigenvalue weighted by Gasteiger charge is 2.32. The monoisotopic (exact) mass is 449 g/mol. The van der Waals surface area contributed by atoms with Crippen LogP contribution in [0.3, 0.4) is 0 Å². The molecule has 26 heavy (non-hydrogen) atoms. The number of halogens is 1. The summed E-state index contributed by atoms with van der Waals surface area (Å²) in [7, 11) is 0. The number of amides is 1. The predicted octanol–water partition coefficient (Wildman–Crippen LogP) is 4.95. The van der Waals surface area contributed by atoms with E-state index >= 15 is 0 Å². The molecule has 1 amide bonds. The summed E-state index contributed by atoms with van der Waals surface area (Å²) in [4.78, 5) is 14.8. The molecule has 134 valence electrons. The molecule has 0 saturated carbocycles. The predicted molar refractivity (Wildman–Crippen MR) is 112 cm³/mol. The Morgan fingerprint density at radius 3 is 2.73 bits per heavy atom. The van der Waals surface area contributed by atoms with Gasteiger partial charge in [-0.1, -0.05) is 70.2 Å². The van der Waals surface area contributed by atoms with Crippen molar-refractivity contribution in [3.05, 3.63) is 63.0 Å². The van der Waals surface area contributed by atoms with Crippen molar-refractivity contribution in [1.82, 2.24) is 4.90 Å². The van der Waals surface area contributed by atoms with E-state index in [0.29, 0.717) is 33.7 Å². The maximum Gasteiger partial charge on any atom is 0.266 e. The fourth-order valence-corrected chi connectivity index (χ4v) is 4.21. The van der Waals surface area contributed by atoms with Crippen molar-refractivity contribution in [3.8, 4) is 11.5 Å². The van der Waals surface area contributed by atoms with Gasteiger partial charge >= 0.3 is 0 Å². The van der Waals surface area contributed by atoms with Crippen molar-refractivity contribution in [1.29, 1.82) is 0 Å². The van der Waals surface area contributed by atoms with Crippen LogP contribution in [0.1, 0.15) is 18.1 Å². The number of thioether (sulfide) groups is 1. The summed E-state index contributed by atoms with van der Waals surface area (Å²) >= 11 is 10.00. The third-order valence-electron chi connectivity index (χ3n) is 3.71. The molecule has 1 heterocycles. The Kier molecular flexibility index (Phi) is 6.01. The van der Waals surface area contributed by atoms with Crippen molar-refractivity contribution in [2.45, 2.75) is 13.5 Å². The van der Waals surface area contributed by atoms with Gasteiger partial charge in [0.15, 0.2) is 11.5 Å². The maximum atomic E-state index is 12.8. The van der Waals surface area contributed by atoms with E-state index in [-0.39, 0.29) is 11.7 Å². The molecule has 0 radical (unpaired) electrons. The van der Waals surface area contributed by atoms with Crippen LogP contribution >= 0.6 is 39.9 Å². The van der Waals surface area contributed by atoms with E-state index < -0.39 is 0 Å². The first-order valence-corrected chi connectivity index (χ1v) is 9.96. The van der Waals surface area contributed by atoms with Gasteiger partial charge in [-0.2, -0.15) is 0 Å². The van der Waals surface area contributed by atoms with Gasteiger partial charge in [0.2, 0.25) is 0 Å². The molecule has 2 aromatic carbocycles. The summed E-state index contributed by atoms with van der Waals surface area (Å²) in [5.74, 6) is 0.206.